The molecule has 0 aromatic heterocycles. The lowest BCUT2D eigenvalue weighted by Gasteiger charge is -2.24. The van der Waals surface area contributed by atoms with Crippen LogP contribution in [0.1, 0.15) is 50.2 Å². The summed E-state index contributed by atoms with van der Waals surface area (Å²) in [5.74, 6) is 0.921. The third kappa shape index (κ3) is 6.88. The van der Waals surface area contributed by atoms with Gasteiger partial charge in [0, 0.05) is 45.3 Å². The average molecular weight is 499 g/mol. The number of hydrogen-bond donors (Lipinski definition) is 2. The molecule has 0 spiro atoms. The number of hydrogen-bond acceptors (Lipinski definition) is 3. The van der Waals surface area contributed by atoms with E-state index in [4.69, 9.17) is 0 Å². The Kier molecular flexibility index (Phi) is 10.0. The van der Waals surface area contributed by atoms with Crippen LogP contribution in [0.3, 0.4) is 0 Å². The summed E-state index contributed by atoms with van der Waals surface area (Å²) >= 11 is 0. The molecule has 1 aliphatic carbocycles. The predicted molar refractivity (Wildman–Crippen MR) is 129 cm³/mol. The van der Waals surface area contributed by atoms with Crippen LogP contribution in [0.2, 0.25) is 0 Å². The first-order chi connectivity index (χ1) is 13.2. The molecule has 1 unspecified atom stereocenters. The molecule has 1 aromatic carbocycles. The zero-order valence-corrected chi connectivity index (χ0v) is 20.1. The first-order valence-corrected chi connectivity index (χ1v) is 10.7. The molecule has 1 aliphatic heterocycles. The lowest BCUT2D eigenvalue weighted by atomic mass is 10.1. The maximum atomic E-state index is 4.44. The topological polar surface area (TPSA) is 42.9 Å². The summed E-state index contributed by atoms with van der Waals surface area (Å²) in [6.07, 6.45) is 6.83. The summed E-state index contributed by atoms with van der Waals surface area (Å²) in [4.78, 5) is 9.45. The number of benzene rings is 1. The molecule has 0 bridgehead atoms. The Balaban J connectivity index is 0.00000280. The van der Waals surface area contributed by atoms with E-state index in [1.54, 1.807) is 0 Å². The third-order valence-electron chi connectivity index (χ3n) is 6.07. The Labute approximate surface area is 188 Å². The van der Waals surface area contributed by atoms with E-state index in [-0.39, 0.29) is 24.0 Å². The fraction of sp³-hybridized carbons (Fsp3) is 0.682. The number of guanidine groups is 1. The maximum Gasteiger partial charge on any atom is 0.191 e. The lowest BCUT2D eigenvalue weighted by molar-refractivity contribution is 0.242. The van der Waals surface area contributed by atoms with Crippen molar-refractivity contribution < 1.29 is 0 Å². The zero-order chi connectivity index (χ0) is 19.1. The highest BCUT2D eigenvalue weighted by Crippen LogP contribution is 2.26. The summed E-state index contributed by atoms with van der Waals surface area (Å²) in [6, 6.07) is 10.2. The first kappa shape index (κ1) is 23.4. The fourth-order valence-electron chi connectivity index (χ4n) is 4.34. The van der Waals surface area contributed by atoms with E-state index in [2.05, 4.69) is 63.7 Å². The highest BCUT2D eigenvalue weighted by Gasteiger charge is 2.30. The Morgan fingerprint density at radius 2 is 1.96 bits per heavy atom. The van der Waals surface area contributed by atoms with Crippen LogP contribution in [0.25, 0.3) is 0 Å². The van der Waals surface area contributed by atoms with Crippen LogP contribution in [0.5, 0.6) is 0 Å². The van der Waals surface area contributed by atoms with Crippen molar-refractivity contribution in [1.29, 1.82) is 0 Å². The van der Waals surface area contributed by atoms with Crippen molar-refractivity contribution in [1.82, 2.24) is 20.4 Å². The summed E-state index contributed by atoms with van der Waals surface area (Å²) in [7, 11) is 4.03. The molecule has 3 rings (SSSR count). The van der Waals surface area contributed by atoms with Crippen molar-refractivity contribution in [2.24, 2.45) is 4.99 Å². The minimum atomic E-state index is 0. The first-order valence-electron chi connectivity index (χ1n) is 10.7. The Hall–Kier alpha value is -0.860. The highest BCUT2D eigenvalue weighted by molar-refractivity contribution is 14.0. The maximum absolute atomic E-state index is 4.44. The smallest absolute Gasteiger partial charge is 0.191 e. The van der Waals surface area contributed by atoms with Gasteiger partial charge in [0.05, 0.1) is 0 Å². The van der Waals surface area contributed by atoms with Crippen LogP contribution in [0, 0.1) is 0 Å². The van der Waals surface area contributed by atoms with E-state index < -0.39 is 0 Å². The lowest BCUT2D eigenvalue weighted by Crippen LogP contribution is -2.45. The van der Waals surface area contributed by atoms with Crippen molar-refractivity contribution in [3.8, 4) is 0 Å². The number of likely N-dealkylation sites (tertiary alicyclic amines) is 1. The van der Waals surface area contributed by atoms with Crippen LogP contribution >= 0.6 is 24.0 Å². The number of nitrogens with one attached hydrogen (secondary N) is 2. The van der Waals surface area contributed by atoms with Crippen molar-refractivity contribution in [2.45, 2.75) is 64.2 Å². The van der Waals surface area contributed by atoms with Crippen LogP contribution in [0.4, 0.5) is 0 Å². The fourth-order valence-corrected chi connectivity index (χ4v) is 4.34. The molecule has 2 fully saturated rings. The van der Waals surface area contributed by atoms with Gasteiger partial charge in [-0.05, 0) is 44.0 Å². The molecule has 158 valence electrons. The summed E-state index contributed by atoms with van der Waals surface area (Å²) in [5, 5.41) is 7.13. The quantitative estimate of drug-likeness (QED) is 0.343. The summed E-state index contributed by atoms with van der Waals surface area (Å²) in [5.41, 5.74) is 2.67. The standard InChI is InChI=1S/C22H37N5.HI/c1-4-26(3)16-19-9-7-8-18(14-19)15-24-22(23-2)25-20-12-13-27(17-20)21-10-5-6-11-21;/h7-9,14,20-21H,4-6,10-13,15-17H2,1-3H3,(H2,23,24,25);1H. The van der Waals surface area contributed by atoms with E-state index in [1.165, 1.54) is 49.8 Å². The van der Waals surface area contributed by atoms with E-state index in [0.717, 1.165) is 38.2 Å². The van der Waals surface area contributed by atoms with Crippen LogP contribution < -0.4 is 10.6 Å². The molecular weight excluding hydrogens is 461 g/mol. The highest BCUT2D eigenvalue weighted by atomic mass is 127. The van der Waals surface area contributed by atoms with Gasteiger partial charge in [-0.25, -0.2) is 0 Å². The van der Waals surface area contributed by atoms with Gasteiger partial charge in [-0.3, -0.25) is 9.89 Å². The van der Waals surface area contributed by atoms with Crippen molar-refractivity contribution in [2.75, 3.05) is 33.7 Å². The molecule has 1 atom stereocenters. The summed E-state index contributed by atoms with van der Waals surface area (Å²) in [6.45, 7) is 7.45. The molecule has 1 saturated carbocycles. The SMILES string of the molecule is CCN(C)Cc1cccc(CNC(=NC)NC2CCN(C3CCCC3)C2)c1.I. The zero-order valence-electron chi connectivity index (χ0n) is 17.8. The second-order valence-corrected chi connectivity index (χ2v) is 8.14. The number of nitrogens with zero attached hydrogens (tertiary/aromatic N) is 3. The van der Waals surface area contributed by atoms with Gasteiger partial charge in [-0.1, -0.05) is 44.0 Å². The van der Waals surface area contributed by atoms with Gasteiger partial charge in [0.1, 0.15) is 0 Å². The largest absolute Gasteiger partial charge is 0.352 e. The molecule has 0 radical (unpaired) electrons. The van der Waals surface area contributed by atoms with Gasteiger partial charge in [0.25, 0.3) is 0 Å². The van der Waals surface area contributed by atoms with Gasteiger partial charge in [-0.15, -0.1) is 24.0 Å². The Bertz CT molecular complexity index is 615. The predicted octanol–water partition coefficient (Wildman–Crippen LogP) is 3.44. The van der Waals surface area contributed by atoms with Crippen molar-refractivity contribution in [3.63, 3.8) is 0 Å². The van der Waals surface area contributed by atoms with E-state index >= 15 is 0 Å². The Morgan fingerprint density at radius 3 is 2.68 bits per heavy atom. The molecule has 6 heteroatoms. The molecule has 1 saturated heterocycles. The Morgan fingerprint density at radius 1 is 1.21 bits per heavy atom. The van der Waals surface area contributed by atoms with Gasteiger partial charge in [-0.2, -0.15) is 0 Å². The second kappa shape index (κ2) is 12.0. The van der Waals surface area contributed by atoms with Gasteiger partial charge >= 0.3 is 0 Å². The average Bonchev–Trinajstić information content (AvgIpc) is 3.37. The molecule has 0 amide bonds. The number of halogens is 1. The molecule has 1 aromatic rings. The monoisotopic (exact) mass is 499 g/mol. The molecule has 28 heavy (non-hydrogen) atoms. The molecule has 2 aliphatic rings. The van der Waals surface area contributed by atoms with Crippen LogP contribution in [-0.4, -0.2) is 61.6 Å². The minimum absolute atomic E-state index is 0. The minimum Gasteiger partial charge on any atom is -0.352 e. The molecule has 2 N–H and O–H groups in total. The van der Waals surface area contributed by atoms with Crippen LogP contribution in [-0.2, 0) is 13.1 Å². The summed E-state index contributed by atoms with van der Waals surface area (Å²) < 4.78 is 0. The van der Waals surface area contributed by atoms with Crippen LogP contribution in [0.15, 0.2) is 29.3 Å². The third-order valence-corrected chi connectivity index (χ3v) is 6.07. The van der Waals surface area contributed by atoms with Gasteiger partial charge < -0.3 is 15.5 Å². The van der Waals surface area contributed by atoms with Crippen molar-refractivity contribution in [3.05, 3.63) is 35.4 Å². The van der Waals surface area contributed by atoms with E-state index in [1.807, 2.05) is 7.05 Å². The molecular formula is C22H38IN5. The van der Waals surface area contributed by atoms with Crippen molar-refractivity contribution >= 4 is 29.9 Å². The van der Waals surface area contributed by atoms with E-state index in [9.17, 15) is 0 Å². The van der Waals surface area contributed by atoms with Gasteiger partial charge in [0.2, 0.25) is 0 Å². The second-order valence-electron chi connectivity index (χ2n) is 8.14. The van der Waals surface area contributed by atoms with E-state index in [0.29, 0.717) is 6.04 Å². The number of aliphatic imine (C=N–C) groups is 1. The molecule has 5 nitrogen and oxygen atoms in total. The number of rotatable bonds is 7. The normalized spacial score (nSPS) is 21.1. The molecule has 1 heterocycles. The van der Waals surface area contributed by atoms with Gasteiger partial charge in [0.15, 0.2) is 5.96 Å².